The van der Waals surface area contributed by atoms with Gasteiger partial charge in [-0.25, -0.2) is 32.7 Å². The number of carbonyl (C=O) groups is 3. The van der Waals surface area contributed by atoms with Crippen LogP contribution in [0.25, 0.3) is 32.4 Å². The van der Waals surface area contributed by atoms with Gasteiger partial charge in [0.15, 0.2) is 5.82 Å². The number of benzene rings is 2. The van der Waals surface area contributed by atoms with Crippen LogP contribution < -0.4 is 20.7 Å². The summed E-state index contributed by atoms with van der Waals surface area (Å²) in [5, 5.41) is 3.05. The van der Waals surface area contributed by atoms with Gasteiger partial charge in [0.05, 0.1) is 33.6 Å². The largest absolute Gasteiger partial charge is 0.368 e. The van der Waals surface area contributed by atoms with E-state index in [1.54, 1.807) is 31.3 Å². The van der Waals surface area contributed by atoms with Crippen LogP contribution in [-0.2, 0) is 24.4 Å². The quantitative estimate of drug-likeness (QED) is 0.113. The number of thiazole rings is 1. The first-order chi connectivity index (χ1) is 29.4. The number of piperidine rings is 3. The summed E-state index contributed by atoms with van der Waals surface area (Å²) >= 11 is 1.34. The lowest BCUT2D eigenvalue weighted by Gasteiger charge is -2.36. The van der Waals surface area contributed by atoms with E-state index >= 15 is 4.39 Å². The zero-order valence-corrected chi connectivity index (χ0v) is 35.5. The van der Waals surface area contributed by atoms with Crippen molar-refractivity contribution >= 4 is 56.5 Å². The van der Waals surface area contributed by atoms with Crippen molar-refractivity contribution in [1.29, 1.82) is 0 Å². The molecule has 14 nitrogen and oxygen atoms in total. The molecule has 0 bridgehead atoms. The predicted molar refractivity (Wildman–Crippen MR) is 234 cm³/mol. The number of imide groups is 1. The van der Waals surface area contributed by atoms with Gasteiger partial charge < -0.3 is 15.5 Å². The summed E-state index contributed by atoms with van der Waals surface area (Å²) in [4.78, 5) is 60.0. The van der Waals surface area contributed by atoms with Crippen LogP contribution in [0.1, 0.15) is 81.3 Å². The molecule has 6 heterocycles. The number of hydrogen-bond acceptors (Lipinski definition) is 12. The van der Waals surface area contributed by atoms with Gasteiger partial charge in [-0.3, -0.25) is 24.4 Å². The standard InChI is InChI=1S/C44H48FN9O5S2/c1-2-24-61(58,59)52-34-5-3-4-33(39(34)45)40-41(35-14-19-47-44(46)49-35)60-43(51-40)30-8-6-28(7-9-30)29-17-22-54(23-18-29)38(56)25-27-15-20-53(21-16-27)36-12-10-31(26-48-36)32-11-13-37(55)50-42(32)57/h3-10,12,14,19,26-27,29,32,52H,2,11,13,15-18,20-25H2,1H3,(H2,46,47,49)(H,50,55,57)/t32-/m1/s1. The summed E-state index contributed by atoms with van der Waals surface area (Å²) in [6.45, 7) is 4.77. The number of rotatable bonds is 12. The van der Waals surface area contributed by atoms with Crippen LogP contribution in [-0.4, -0.2) is 82.9 Å². The fraction of sp³-hybridized carbons (Fsp3) is 0.386. The number of nitrogen functional groups attached to an aromatic ring is 1. The number of hydrogen-bond donors (Lipinski definition) is 3. The first kappa shape index (κ1) is 41.9. The van der Waals surface area contributed by atoms with E-state index < -0.39 is 15.8 Å². The molecule has 0 radical (unpaired) electrons. The zero-order valence-electron chi connectivity index (χ0n) is 33.8. The maximum atomic E-state index is 16.1. The van der Waals surface area contributed by atoms with Gasteiger partial charge in [0, 0.05) is 62.5 Å². The lowest BCUT2D eigenvalue weighted by atomic mass is 9.88. The molecule has 17 heteroatoms. The molecule has 3 aliphatic heterocycles. The van der Waals surface area contributed by atoms with E-state index in [0.717, 1.165) is 55.7 Å². The Hall–Kier alpha value is -5.81. The molecule has 0 unspecified atom stereocenters. The van der Waals surface area contributed by atoms with Crippen LogP contribution in [0.3, 0.4) is 0 Å². The molecule has 0 aliphatic carbocycles. The lowest BCUT2D eigenvalue weighted by molar-refractivity contribution is -0.135. The van der Waals surface area contributed by atoms with Crippen molar-refractivity contribution in [2.24, 2.45) is 5.92 Å². The number of nitrogens with zero attached hydrogens (tertiary/aromatic N) is 6. The van der Waals surface area contributed by atoms with E-state index in [-0.39, 0.29) is 46.6 Å². The second-order valence-corrected chi connectivity index (χ2v) is 18.8. The van der Waals surface area contributed by atoms with E-state index in [4.69, 9.17) is 10.7 Å². The maximum absolute atomic E-state index is 16.1. The fourth-order valence-electron chi connectivity index (χ4n) is 8.49. The third kappa shape index (κ3) is 9.57. The Labute approximate surface area is 358 Å². The molecular formula is C44H48FN9O5S2. The van der Waals surface area contributed by atoms with Crippen molar-refractivity contribution in [3.63, 3.8) is 0 Å². The van der Waals surface area contributed by atoms with Crippen LogP contribution >= 0.6 is 11.3 Å². The Bertz CT molecular complexity index is 2520. The highest BCUT2D eigenvalue weighted by Crippen LogP contribution is 2.42. The van der Waals surface area contributed by atoms with Gasteiger partial charge >= 0.3 is 0 Å². The molecular weight excluding hydrogens is 818 g/mol. The summed E-state index contributed by atoms with van der Waals surface area (Å²) < 4.78 is 43.5. The number of aromatic nitrogens is 4. The van der Waals surface area contributed by atoms with Gasteiger partial charge in [0.25, 0.3) is 0 Å². The van der Waals surface area contributed by atoms with E-state index in [1.807, 2.05) is 29.2 Å². The van der Waals surface area contributed by atoms with Crippen LogP contribution in [0, 0.1) is 11.7 Å². The second kappa shape index (κ2) is 18.0. The summed E-state index contributed by atoms with van der Waals surface area (Å²) in [7, 11) is -3.74. The number of halogens is 1. The van der Waals surface area contributed by atoms with Crippen LogP contribution in [0.15, 0.2) is 73.1 Å². The average molecular weight is 866 g/mol. The first-order valence-electron chi connectivity index (χ1n) is 20.8. The van der Waals surface area contributed by atoms with Gasteiger partial charge in [0.1, 0.15) is 10.8 Å². The van der Waals surface area contributed by atoms with Gasteiger partial charge in [-0.1, -0.05) is 43.3 Å². The molecule has 8 rings (SSSR count). The van der Waals surface area contributed by atoms with E-state index in [0.29, 0.717) is 71.9 Å². The Morgan fingerprint density at radius 1 is 0.934 bits per heavy atom. The third-order valence-corrected chi connectivity index (χ3v) is 14.4. The van der Waals surface area contributed by atoms with Crippen molar-refractivity contribution in [2.45, 2.75) is 70.1 Å². The number of sulfonamides is 1. The highest BCUT2D eigenvalue weighted by molar-refractivity contribution is 7.92. The number of carbonyl (C=O) groups excluding carboxylic acids is 3. The molecule has 5 aromatic rings. The fourth-order valence-corrected chi connectivity index (χ4v) is 10.7. The predicted octanol–water partition coefficient (Wildman–Crippen LogP) is 6.74. The molecule has 3 amide bonds. The molecule has 3 aromatic heterocycles. The average Bonchev–Trinajstić information content (AvgIpc) is 3.70. The molecule has 0 saturated carbocycles. The van der Waals surface area contributed by atoms with Crippen LogP contribution in [0.5, 0.6) is 0 Å². The summed E-state index contributed by atoms with van der Waals surface area (Å²) in [6, 6.07) is 18.3. The van der Waals surface area contributed by atoms with Crippen molar-refractivity contribution in [3.8, 4) is 32.4 Å². The molecule has 0 spiro atoms. The minimum atomic E-state index is -3.74. The van der Waals surface area contributed by atoms with E-state index in [2.05, 4.69) is 42.0 Å². The van der Waals surface area contributed by atoms with Gasteiger partial charge in [-0.15, -0.1) is 11.3 Å². The Balaban J connectivity index is 0.874. The van der Waals surface area contributed by atoms with Crippen molar-refractivity contribution in [2.75, 3.05) is 47.3 Å². The topological polar surface area (TPSA) is 193 Å². The molecule has 4 N–H and O–H groups in total. The number of nitrogens with one attached hydrogen (secondary N) is 2. The van der Waals surface area contributed by atoms with Gasteiger partial charge in [-0.2, -0.15) is 0 Å². The van der Waals surface area contributed by atoms with Crippen molar-refractivity contribution < 1.29 is 27.2 Å². The SMILES string of the molecule is CCCS(=O)(=O)Nc1cccc(-c2nc(-c3ccc(C4CCN(C(=O)CC5CCN(c6ccc([C@H]7CCC(=O)NC7=O)cn6)CC5)CC4)cc3)sc2-c2ccnc(N)n2)c1F. The highest BCUT2D eigenvalue weighted by Gasteiger charge is 2.31. The summed E-state index contributed by atoms with van der Waals surface area (Å²) in [6.07, 6.45) is 8.56. The molecule has 3 aliphatic rings. The second-order valence-electron chi connectivity index (χ2n) is 15.9. The number of likely N-dealkylation sites (tertiary alicyclic amines) is 1. The Morgan fingerprint density at radius 3 is 2.38 bits per heavy atom. The van der Waals surface area contributed by atoms with Crippen molar-refractivity contribution in [1.82, 2.24) is 30.2 Å². The smallest absolute Gasteiger partial charge is 0.234 e. The minimum absolute atomic E-state index is 0.0599. The van der Waals surface area contributed by atoms with E-state index in [9.17, 15) is 22.8 Å². The number of anilines is 3. The van der Waals surface area contributed by atoms with E-state index in [1.165, 1.54) is 29.2 Å². The first-order valence-corrected chi connectivity index (χ1v) is 23.2. The molecule has 1 atom stereocenters. The normalized spacial score (nSPS) is 18.0. The zero-order chi connectivity index (χ0) is 42.7. The monoisotopic (exact) mass is 865 g/mol. The lowest BCUT2D eigenvalue weighted by Crippen LogP contribution is -2.40. The highest BCUT2D eigenvalue weighted by atomic mass is 32.2. The number of amides is 3. The maximum Gasteiger partial charge on any atom is 0.234 e. The molecule has 3 saturated heterocycles. The summed E-state index contributed by atoms with van der Waals surface area (Å²) in [5.41, 5.74) is 9.52. The van der Waals surface area contributed by atoms with Crippen LogP contribution in [0.4, 0.5) is 21.8 Å². The third-order valence-electron chi connectivity index (χ3n) is 11.8. The number of pyridine rings is 1. The minimum Gasteiger partial charge on any atom is -0.368 e. The van der Waals surface area contributed by atoms with Gasteiger partial charge in [-0.05, 0) is 85.8 Å². The molecule has 61 heavy (non-hydrogen) atoms. The Kier molecular flexibility index (Phi) is 12.4. The Morgan fingerprint density at radius 2 is 1.69 bits per heavy atom. The van der Waals surface area contributed by atoms with Crippen molar-refractivity contribution in [3.05, 3.63) is 90.0 Å². The van der Waals surface area contributed by atoms with Crippen LogP contribution in [0.2, 0.25) is 0 Å². The summed E-state index contributed by atoms with van der Waals surface area (Å²) in [5.74, 6) is 0.0235. The number of nitrogens with two attached hydrogens (primary N) is 1. The van der Waals surface area contributed by atoms with Gasteiger partial charge in [0.2, 0.25) is 33.7 Å². The molecule has 3 fully saturated rings. The molecule has 318 valence electrons. The molecule has 2 aromatic carbocycles.